The van der Waals surface area contributed by atoms with Crippen LogP contribution in [0.25, 0.3) is 0 Å². The summed E-state index contributed by atoms with van der Waals surface area (Å²) >= 11 is 0. The van der Waals surface area contributed by atoms with Crippen molar-refractivity contribution in [3.05, 3.63) is 41.2 Å². The van der Waals surface area contributed by atoms with Crippen LogP contribution < -0.4 is 0 Å². The van der Waals surface area contributed by atoms with Crippen LogP contribution >= 0.6 is 0 Å². The normalized spacial score (nSPS) is 23.0. The number of rotatable bonds is 5. The number of ether oxygens (including phenoxy) is 1. The Bertz CT molecular complexity index is 671. The summed E-state index contributed by atoms with van der Waals surface area (Å²) in [5.41, 5.74) is 2.55. The number of hydrogen-bond acceptors (Lipinski definition) is 5. The average molecular weight is 341 g/mol. The Morgan fingerprint density at radius 1 is 1.12 bits per heavy atom. The van der Waals surface area contributed by atoms with E-state index in [4.69, 9.17) is 4.74 Å². The third kappa shape index (κ3) is 3.75. The van der Waals surface area contributed by atoms with Crippen molar-refractivity contribution in [2.75, 3.05) is 19.7 Å². The van der Waals surface area contributed by atoms with Crippen LogP contribution in [0.2, 0.25) is 0 Å². The van der Waals surface area contributed by atoms with E-state index in [1.54, 1.807) is 0 Å². The maximum absolute atomic E-state index is 5.80. The first-order valence-electron chi connectivity index (χ1n) is 9.49. The van der Waals surface area contributed by atoms with Crippen LogP contribution in [-0.2, 0) is 11.3 Å². The summed E-state index contributed by atoms with van der Waals surface area (Å²) in [6.07, 6.45) is 6.28. The fourth-order valence-corrected chi connectivity index (χ4v) is 3.97. The molecule has 0 saturated carbocycles. The number of hydrogen-bond donors (Lipinski definition) is 0. The van der Waals surface area contributed by atoms with Gasteiger partial charge in [0.2, 0.25) is 0 Å². The number of benzene rings is 1. The summed E-state index contributed by atoms with van der Waals surface area (Å²) < 4.78 is 7.77. The minimum Gasteiger partial charge on any atom is -0.376 e. The lowest BCUT2D eigenvalue weighted by molar-refractivity contribution is 0.0902. The van der Waals surface area contributed by atoms with Crippen molar-refractivity contribution in [3.8, 4) is 0 Å². The van der Waals surface area contributed by atoms with E-state index < -0.39 is 0 Å². The van der Waals surface area contributed by atoms with Gasteiger partial charge >= 0.3 is 0 Å². The first kappa shape index (κ1) is 16.7. The molecule has 2 unspecified atom stereocenters. The van der Waals surface area contributed by atoms with E-state index in [0.717, 1.165) is 44.9 Å². The Morgan fingerprint density at radius 2 is 1.92 bits per heavy atom. The summed E-state index contributed by atoms with van der Waals surface area (Å²) in [7, 11) is 0. The highest BCUT2D eigenvalue weighted by atomic mass is 16.5. The molecule has 25 heavy (non-hydrogen) atoms. The van der Waals surface area contributed by atoms with Crippen molar-refractivity contribution >= 4 is 0 Å². The predicted molar refractivity (Wildman–Crippen MR) is 95.2 cm³/mol. The molecule has 2 aliphatic heterocycles. The lowest BCUT2D eigenvalue weighted by Gasteiger charge is -2.34. The number of likely N-dealkylation sites (tertiary alicyclic amines) is 1. The second-order valence-electron chi connectivity index (χ2n) is 7.26. The van der Waals surface area contributed by atoms with Crippen molar-refractivity contribution in [2.24, 2.45) is 0 Å². The molecule has 2 fully saturated rings. The zero-order valence-corrected chi connectivity index (χ0v) is 15.0. The van der Waals surface area contributed by atoms with Gasteiger partial charge in [-0.05, 0) is 61.7 Å². The van der Waals surface area contributed by atoms with E-state index in [1.807, 2.05) is 4.68 Å². The largest absolute Gasteiger partial charge is 0.376 e. The summed E-state index contributed by atoms with van der Waals surface area (Å²) in [6, 6.07) is 8.93. The minimum atomic E-state index is 0.123. The second-order valence-corrected chi connectivity index (χ2v) is 7.26. The van der Waals surface area contributed by atoms with Gasteiger partial charge in [0, 0.05) is 6.61 Å². The molecule has 1 aromatic carbocycles. The molecule has 0 radical (unpaired) electrons. The molecule has 134 valence electrons. The lowest BCUT2D eigenvalue weighted by Crippen LogP contribution is -2.36. The van der Waals surface area contributed by atoms with Crippen LogP contribution in [0.1, 0.15) is 55.1 Å². The zero-order chi connectivity index (χ0) is 17.1. The van der Waals surface area contributed by atoms with Gasteiger partial charge in [-0.15, -0.1) is 5.10 Å². The van der Waals surface area contributed by atoms with Crippen molar-refractivity contribution < 1.29 is 4.74 Å². The molecule has 0 spiro atoms. The van der Waals surface area contributed by atoms with Gasteiger partial charge in [-0.3, -0.25) is 4.90 Å². The Kier molecular flexibility index (Phi) is 5.08. The van der Waals surface area contributed by atoms with E-state index in [0.29, 0.717) is 0 Å². The average Bonchev–Trinajstić information content (AvgIpc) is 3.31. The topological polar surface area (TPSA) is 56.1 Å². The van der Waals surface area contributed by atoms with Gasteiger partial charge < -0.3 is 4.74 Å². The molecular formula is C19H27N5O. The van der Waals surface area contributed by atoms with Crippen LogP contribution in [0.3, 0.4) is 0 Å². The smallest absolute Gasteiger partial charge is 0.173 e. The van der Waals surface area contributed by atoms with Gasteiger partial charge in [0.1, 0.15) is 0 Å². The van der Waals surface area contributed by atoms with Gasteiger partial charge in [-0.1, -0.05) is 36.2 Å². The van der Waals surface area contributed by atoms with Crippen molar-refractivity contribution in [1.82, 2.24) is 25.1 Å². The molecule has 2 atom stereocenters. The number of aryl methyl sites for hydroxylation is 1. The lowest BCUT2D eigenvalue weighted by atomic mass is 10.00. The van der Waals surface area contributed by atoms with Crippen LogP contribution in [0.5, 0.6) is 0 Å². The van der Waals surface area contributed by atoms with Gasteiger partial charge in [-0.25, -0.2) is 4.68 Å². The molecule has 0 bridgehead atoms. The highest BCUT2D eigenvalue weighted by Gasteiger charge is 2.30. The number of piperidine rings is 1. The Balaban J connectivity index is 1.65. The first-order valence-corrected chi connectivity index (χ1v) is 9.49. The van der Waals surface area contributed by atoms with E-state index in [9.17, 15) is 0 Å². The van der Waals surface area contributed by atoms with E-state index in [-0.39, 0.29) is 12.1 Å². The van der Waals surface area contributed by atoms with Crippen molar-refractivity contribution in [1.29, 1.82) is 0 Å². The maximum Gasteiger partial charge on any atom is 0.173 e. The van der Waals surface area contributed by atoms with Gasteiger partial charge in [0.05, 0.1) is 18.7 Å². The molecule has 0 amide bonds. The highest BCUT2D eigenvalue weighted by Crippen LogP contribution is 2.30. The zero-order valence-electron chi connectivity index (χ0n) is 15.0. The molecule has 1 aromatic heterocycles. The quantitative estimate of drug-likeness (QED) is 0.837. The molecule has 2 aliphatic rings. The van der Waals surface area contributed by atoms with E-state index in [1.165, 1.54) is 30.4 Å². The second kappa shape index (κ2) is 7.62. The standard InChI is InChI=1S/C19H27N5O/c1-15-7-9-16(10-8-15)18(23-11-3-2-4-12-23)19-20-21-22-24(19)14-17-6-5-13-25-17/h7-10,17-18H,2-6,11-14H2,1H3. The van der Waals surface area contributed by atoms with Crippen molar-refractivity contribution in [3.63, 3.8) is 0 Å². The molecule has 0 aliphatic carbocycles. The van der Waals surface area contributed by atoms with E-state index in [2.05, 4.69) is 51.6 Å². The molecule has 2 aromatic rings. The number of tetrazole rings is 1. The third-order valence-electron chi connectivity index (χ3n) is 5.35. The fourth-order valence-electron chi connectivity index (χ4n) is 3.97. The first-order chi connectivity index (χ1) is 12.3. The van der Waals surface area contributed by atoms with Gasteiger partial charge in [0.15, 0.2) is 5.82 Å². The van der Waals surface area contributed by atoms with Gasteiger partial charge in [-0.2, -0.15) is 0 Å². The van der Waals surface area contributed by atoms with Gasteiger partial charge in [0.25, 0.3) is 0 Å². The SMILES string of the molecule is Cc1ccc(C(c2nnnn2CC2CCCO2)N2CCCCC2)cc1. The Morgan fingerprint density at radius 3 is 2.64 bits per heavy atom. The Labute approximate surface area is 149 Å². The van der Waals surface area contributed by atoms with Crippen LogP contribution in [0.15, 0.2) is 24.3 Å². The maximum atomic E-state index is 5.80. The fraction of sp³-hybridized carbons (Fsp3) is 0.632. The number of nitrogens with zero attached hydrogens (tertiary/aromatic N) is 5. The van der Waals surface area contributed by atoms with Crippen LogP contribution in [0, 0.1) is 6.92 Å². The predicted octanol–water partition coefficient (Wildman–Crippen LogP) is 2.74. The van der Waals surface area contributed by atoms with Crippen LogP contribution in [-0.4, -0.2) is 50.9 Å². The molecule has 6 nitrogen and oxygen atoms in total. The molecule has 3 heterocycles. The number of aromatic nitrogens is 4. The molecule has 0 N–H and O–H groups in total. The molecule has 2 saturated heterocycles. The third-order valence-corrected chi connectivity index (χ3v) is 5.35. The monoisotopic (exact) mass is 341 g/mol. The summed E-state index contributed by atoms with van der Waals surface area (Å²) in [5, 5.41) is 12.7. The summed E-state index contributed by atoms with van der Waals surface area (Å²) in [4.78, 5) is 2.53. The summed E-state index contributed by atoms with van der Waals surface area (Å²) in [5.74, 6) is 0.946. The highest BCUT2D eigenvalue weighted by molar-refractivity contribution is 5.28. The Hall–Kier alpha value is -1.79. The van der Waals surface area contributed by atoms with Crippen LogP contribution in [0.4, 0.5) is 0 Å². The van der Waals surface area contributed by atoms with E-state index >= 15 is 0 Å². The van der Waals surface area contributed by atoms with Crippen molar-refractivity contribution in [2.45, 2.75) is 57.7 Å². The summed E-state index contributed by atoms with van der Waals surface area (Å²) in [6.45, 7) is 5.94. The molecule has 6 heteroatoms. The molecular weight excluding hydrogens is 314 g/mol. The molecule has 4 rings (SSSR count). The minimum absolute atomic E-state index is 0.123.